The van der Waals surface area contributed by atoms with Crippen LogP contribution in [0.4, 0.5) is 10.2 Å². The summed E-state index contributed by atoms with van der Waals surface area (Å²) in [5, 5.41) is 5.40. The monoisotopic (exact) mass is 748 g/mol. The number of carbonyl (C=O) groups is 1. The van der Waals surface area contributed by atoms with E-state index in [1.165, 1.54) is 11.3 Å². The molecule has 2 bridgehead atoms. The van der Waals surface area contributed by atoms with E-state index in [4.69, 9.17) is 24.7 Å². The molecule has 4 aromatic heterocycles. The molecule has 10 rings (SSSR count). The van der Waals surface area contributed by atoms with Gasteiger partial charge in [-0.05, 0) is 79.5 Å². The van der Waals surface area contributed by atoms with Gasteiger partial charge in [0.1, 0.15) is 16.7 Å². The van der Waals surface area contributed by atoms with Crippen LogP contribution in [0.2, 0.25) is 0 Å². The lowest BCUT2D eigenvalue weighted by Gasteiger charge is -2.47. The number of aryl methyl sites for hydroxylation is 1. The molecule has 4 heterocycles. The van der Waals surface area contributed by atoms with Gasteiger partial charge in [0.2, 0.25) is 0 Å². The molecule has 276 valence electrons. The van der Waals surface area contributed by atoms with Crippen molar-refractivity contribution in [2.45, 2.75) is 51.1 Å². The first-order valence-corrected chi connectivity index (χ1v) is 19.9. The Labute approximate surface area is 323 Å². The SMILES string of the molecule is CCOC(=O)[C@@H]1C2CCC(CC2)[C@H]1Nc1nc(-c2cn(C(c3ccccc3)(c3ccccc3)c3ccccc3)c3ncc(C)nc23)nc(-c2cccs2)c1F. The number of benzene rings is 3. The number of hydrogen-bond acceptors (Lipinski definition) is 8. The van der Waals surface area contributed by atoms with Crippen LogP contribution in [-0.2, 0) is 15.1 Å². The number of anilines is 1. The molecular formula is C45H41FN6O2S. The topological polar surface area (TPSA) is 94.8 Å². The minimum atomic E-state index is -0.893. The molecule has 3 saturated carbocycles. The fourth-order valence-corrected chi connectivity index (χ4v) is 9.79. The average Bonchev–Trinajstić information content (AvgIpc) is 3.90. The van der Waals surface area contributed by atoms with Crippen molar-refractivity contribution in [3.8, 4) is 22.0 Å². The van der Waals surface area contributed by atoms with Crippen LogP contribution in [0, 0.1) is 30.5 Å². The highest BCUT2D eigenvalue weighted by Crippen LogP contribution is 2.48. The van der Waals surface area contributed by atoms with E-state index in [1.54, 1.807) is 6.20 Å². The fourth-order valence-electron chi connectivity index (χ4n) is 9.09. The Hall–Kier alpha value is -5.74. The third-order valence-corrected chi connectivity index (χ3v) is 12.4. The number of esters is 1. The Balaban J connectivity index is 1.29. The predicted octanol–water partition coefficient (Wildman–Crippen LogP) is 9.68. The Kier molecular flexibility index (Phi) is 9.22. The Morgan fingerprint density at radius 1 is 0.855 bits per heavy atom. The van der Waals surface area contributed by atoms with Crippen molar-refractivity contribution < 1.29 is 13.9 Å². The van der Waals surface area contributed by atoms with Gasteiger partial charge in [0, 0.05) is 12.2 Å². The highest BCUT2D eigenvalue weighted by atomic mass is 32.1. The van der Waals surface area contributed by atoms with Gasteiger partial charge in [0.15, 0.2) is 23.1 Å². The van der Waals surface area contributed by atoms with Crippen LogP contribution in [0.15, 0.2) is 121 Å². The highest BCUT2D eigenvalue weighted by Gasteiger charge is 2.48. The van der Waals surface area contributed by atoms with E-state index >= 15 is 4.39 Å². The summed E-state index contributed by atoms with van der Waals surface area (Å²) in [6.07, 6.45) is 7.67. The molecular weight excluding hydrogens is 708 g/mol. The number of fused-ring (bicyclic) bond motifs is 4. The van der Waals surface area contributed by atoms with Crippen LogP contribution in [0.1, 0.15) is 55.0 Å². The number of hydrogen-bond donors (Lipinski definition) is 1. The molecule has 0 amide bonds. The summed E-state index contributed by atoms with van der Waals surface area (Å²) < 4.78 is 24.7. The first-order valence-electron chi connectivity index (χ1n) is 19.0. The number of aromatic nitrogens is 5. The fraction of sp³-hybridized carbons (Fsp3) is 0.267. The lowest BCUT2D eigenvalue weighted by atomic mass is 9.61. The van der Waals surface area contributed by atoms with Gasteiger partial charge in [0.05, 0.1) is 34.9 Å². The Bertz CT molecular complexity index is 2350. The van der Waals surface area contributed by atoms with Crippen molar-refractivity contribution in [2.75, 3.05) is 11.9 Å². The van der Waals surface area contributed by atoms with Crippen molar-refractivity contribution >= 4 is 34.3 Å². The zero-order valence-electron chi connectivity index (χ0n) is 30.7. The lowest BCUT2D eigenvalue weighted by Crippen LogP contribution is -2.52. The Morgan fingerprint density at radius 3 is 2.05 bits per heavy atom. The highest BCUT2D eigenvalue weighted by molar-refractivity contribution is 7.13. The lowest BCUT2D eigenvalue weighted by molar-refractivity contribution is -0.154. The van der Waals surface area contributed by atoms with Crippen LogP contribution < -0.4 is 5.32 Å². The molecule has 10 heteroatoms. The number of rotatable bonds is 10. The molecule has 3 aromatic carbocycles. The summed E-state index contributed by atoms with van der Waals surface area (Å²) in [5.74, 6) is -0.394. The summed E-state index contributed by atoms with van der Waals surface area (Å²) in [7, 11) is 0. The second-order valence-corrected chi connectivity index (χ2v) is 15.5. The predicted molar refractivity (Wildman–Crippen MR) is 214 cm³/mol. The van der Waals surface area contributed by atoms with Crippen LogP contribution >= 0.6 is 11.3 Å². The van der Waals surface area contributed by atoms with E-state index in [0.29, 0.717) is 34.0 Å². The molecule has 1 N–H and O–H groups in total. The molecule has 7 aromatic rings. The maximum atomic E-state index is 16.9. The first kappa shape index (κ1) is 35.0. The molecule has 8 nitrogen and oxygen atoms in total. The molecule has 3 aliphatic rings. The summed E-state index contributed by atoms with van der Waals surface area (Å²) in [5.41, 5.74) is 4.95. The van der Waals surface area contributed by atoms with Gasteiger partial charge in [-0.1, -0.05) is 97.1 Å². The van der Waals surface area contributed by atoms with Crippen LogP contribution in [0.5, 0.6) is 0 Å². The van der Waals surface area contributed by atoms with Gasteiger partial charge in [-0.25, -0.2) is 24.3 Å². The molecule has 0 unspecified atom stereocenters. The quantitative estimate of drug-likeness (QED) is 0.110. The van der Waals surface area contributed by atoms with E-state index in [0.717, 1.165) is 48.1 Å². The molecule has 3 aliphatic carbocycles. The van der Waals surface area contributed by atoms with E-state index in [9.17, 15) is 4.79 Å². The standard InChI is InChI=1S/C45H41FN6O2S/c1-3-54-44(53)36-29-21-23-30(24-22-29)38(36)49-42-37(46)40(35-20-13-25-55-35)50-41(51-42)34-27-52(43-39(34)48-28(2)26-47-43)45(31-14-7-4-8-15-31,32-16-9-5-10-17-32)33-18-11-6-12-19-33/h4-20,25-27,29-30,36,38H,3,21-24H2,1-2H3,(H,49,50,51)/t29?,30?,36-,38-/m1/s1. The van der Waals surface area contributed by atoms with Crippen molar-refractivity contribution in [2.24, 2.45) is 17.8 Å². The molecule has 55 heavy (non-hydrogen) atoms. The third-order valence-electron chi connectivity index (χ3n) is 11.5. The zero-order chi connectivity index (χ0) is 37.5. The number of nitrogens with one attached hydrogen (secondary N) is 1. The maximum absolute atomic E-state index is 16.9. The van der Waals surface area contributed by atoms with Crippen molar-refractivity contribution in [1.29, 1.82) is 0 Å². The number of nitrogens with zero attached hydrogens (tertiary/aromatic N) is 5. The normalized spacial score (nSPS) is 19.4. The van der Waals surface area contributed by atoms with Gasteiger partial charge in [0.25, 0.3) is 0 Å². The van der Waals surface area contributed by atoms with Gasteiger partial charge < -0.3 is 14.6 Å². The van der Waals surface area contributed by atoms with Gasteiger partial charge >= 0.3 is 5.97 Å². The summed E-state index contributed by atoms with van der Waals surface area (Å²) >= 11 is 1.42. The van der Waals surface area contributed by atoms with E-state index in [2.05, 4.69) is 46.3 Å². The molecule has 0 spiro atoms. The minimum absolute atomic E-state index is 0.0715. The third kappa shape index (κ3) is 5.99. The molecule has 0 saturated heterocycles. The van der Waals surface area contributed by atoms with Crippen molar-refractivity contribution in [1.82, 2.24) is 24.5 Å². The van der Waals surface area contributed by atoms with Gasteiger partial charge in [-0.2, -0.15) is 0 Å². The smallest absolute Gasteiger partial charge is 0.311 e. The minimum Gasteiger partial charge on any atom is -0.466 e. The number of thiophene rings is 1. The van der Waals surface area contributed by atoms with Crippen molar-refractivity contribution in [3.05, 3.63) is 149 Å². The van der Waals surface area contributed by atoms with Gasteiger partial charge in [-0.3, -0.25) is 4.79 Å². The van der Waals surface area contributed by atoms with E-state index in [1.807, 2.05) is 92.2 Å². The van der Waals surface area contributed by atoms with Crippen LogP contribution in [0.3, 0.4) is 0 Å². The summed E-state index contributed by atoms with van der Waals surface area (Å²) in [6, 6.07) is 34.6. The summed E-state index contributed by atoms with van der Waals surface area (Å²) in [6.45, 7) is 4.04. The van der Waals surface area contributed by atoms with Crippen molar-refractivity contribution in [3.63, 3.8) is 0 Å². The maximum Gasteiger partial charge on any atom is 0.311 e. The number of carbonyl (C=O) groups excluding carboxylic acids is 1. The first-order chi connectivity index (χ1) is 27.0. The van der Waals surface area contributed by atoms with Crippen LogP contribution in [-0.4, -0.2) is 43.1 Å². The Morgan fingerprint density at radius 2 is 1.47 bits per heavy atom. The molecule has 2 atom stereocenters. The molecule has 3 fully saturated rings. The number of ether oxygens (including phenoxy) is 1. The van der Waals surface area contributed by atoms with E-state index in [-0.39, 0.29) is 41.3 Å². The van der Waals surface area contributed by atoms with Crippen LogP contribution in [0.25, 0.3) is 33.1 Å². The largest absolute Gasteiger partial charge is 0.466 e. The summed E-state index contributed by atoms with van der Waals surface area (Å²) in [4.78, 5) is 34.2. The zero-order valence-corrected chi connectivity index (χ0v) is 31.5. The number of halogens is 1. The molecule has 0 radical (unpaired) electrons. The second-order valence-electron chi connectivity index (χ2n) is 14.6. The second kappa shape index (κ2) is 14.5. The van der Waals surface area contributed by atoms with Gasteiger partial charge in [-0.15, -0.1) is 11.3 Å². The molecule has 0 aliphatic heterocycles. The van der Waals surface area contributed by atoms with E-state index < -0.39 is 11.4 Å². The average molecular weight is 749 g/mol.